The zero-order valence-corrected chi connectivity index (χ0v) is 26.2. The molecule has 1 heterocycles. The fourth-order valence-electron chi connectivity index (χ4n) is 5.35. The summed E-state index contributed by atoms with van der Waals surface area (Å²) in [6.07, 6.45) is 14.2. The summed E-state index contributed by atoms with van der Waals surface area (Å²) in [7, 11) is -5.78. The van der Waals surface area contributed by atoms with Gasteiger partial charge in [0.05, 0.1) is 0 Å². The summed E-state index contributed by atoms with van der Waals surface area (Å²) in [4.78, 5) is 4.98. The first kappa shape index (κ1) is 34.8. The molecule has 3 rings (SSSR count). The second-order valence-electron chi connectivity index (χ2n) is 11.1. The number of nitrogens with zero attached hydrogens (tertiary/aromatic N) is 2. The molecule has 10 heteroatoms. The lowest BCUT2D eigenvalue weighted by Gasteiger charge is -2.40. The van der Waals surface area contributed by atoms with Crippen molar-refractivity contribution in [2.75, 3.05) is 32.8 Å². The Morgan fingerprint density at radius 1 is 1.12 bits per heavy atom. The smallest absolute Gasteiger partial charge is 0.396 e. The van der Waals surface area contributed by atoms with Gasteiger partial charge in [0.1, 0.15) is 5.76 Å². The normalized spacial score (nSPS) is 20.0. The summed E-state index contributed by atoms with van der Waals surface area (Å²) in [6.45, 7) is 10.4. The summed E-state index contributed by atoms with van der Waals surface area (Å²) in [5, 5.41) is 9.64. The second kappa shape index (κ2) is 16.4. The van der Waals surface area contributed by atoms with Crippen molar-refractivity contribution >= 4 is 15.7 Å². The van der Waals surface area contributed by atoms with Gasteiger partial charge < -0.3 is 9.29 Å². The Labute approximate surface area is 255 Å². The monoisotopic (exact) mass is 622 g/mol. The van der Waals surface area contributed by atoms with Crippen molar-refractivity contribution < 1.29 is 30.9 Å². The standard InChI is InChI=1S/C33H45F3N2O4S/c1-4-5-13-30(42-43(40,41)33(34,35)36)14-9-15-31(32(16-10-25-39)27-11-7-6-8-12-27)28-17-19-29(20-18-28)38-23-21-37(22-24-38)26(2)3/h6-9,11-14,17-19,26,29,39H,4-5,10,15-16,20-25H2,1-3H3/b14-9-,30-13+,32-31-. The van der Waals surface area contributed by atoms with Crippen molar-refractivity contribution in [1.82, 2.24) is 9.80 Å². The molecule has 0 radical (unpaired) electrons. The van der Waals surface area contributed by atoms with Crippen molar-refractivity contribution in [3.63, 3.8) is 0 Å². The van der Waals surface area contributed by atoms with Crippen LogP contribution in [0.5, 0.6) is 0 Å². The molecule has 1 aliphatic heterocycles. The molecule has 0 aromatic heterocycles. The topological polar surface area (TPSA) is 70.1 Å². The van der Waals surface area contributed by atoms with E-state index in [2.05, 4.69) is 46.1 Å². The SMILES string of the molecule is CCC/C=C(\C=C/C/C(C1=CCC(N2CCN(C(C)C)CC2)C=C1)=C(\CCCO)c1ccccc1)OS(=O)(=O)C(F)(F)F. The van der Waals surface area contributed by atoms with Crippen LogP contribution in [-0.2, 0) is 14.3 Å². The third-order valence-corrected chi connectivity index (χ3v) is 8.75. The van der Waals surface area contributed by atoms with E-state index in [0.29, 0.717) is 38.1 Å². The number of hydrogen-bond acceptors (Lipinski definition) is 6. The van der Waals surface area contributed by atoms with E-state index in [9.17, 15) is 26.7 Å². The van der Waals surface area contributed by atoms with Crippen LogP contribution in [0.1, 0.15) is 64.9 Å². The molecule has 0 amide bonds. The maximum Gasteiger partial charge on any atom is 0.534 e. The molecule has 1 aromatic rings. The molecule has 1 aromatic carbocycles. The van der Waals surface area contributed by atoms with E-state index in [1.54, 1.807) is 6.08 Å². The van der Waals surface area contributed by atoms with Gasteiger partial charge in [0.2, 0.25) is 0 Å². The molecular weight excluding hydrogens is 577 g/mol. The Hall–Kier alpha value is -2.66. The van der Waals surface area contributed by atoms with Gasteiger partial charge in [-0.3, -0.25) is 9.80 Å². The Kier molecular flexibility index (Phi) is 13.3. The highest BCUT2D eigenvalue weighted by Crippen LogP contribution is 2.34. The van der Waals surface area contributed by atoms with Gasteiger partial charge in [0, 0.05) is 44.9 Å². The van der Waals surface area contributed by atoms with Crippen molar-refractivity contribution in [3.8, 4) is 0 Å². The van der Waals surface area contributed by atoms with E-state index >= 15 is 0 Å². The van der Waals surface area contributed by atoms with Gasteiger partial charge >= 0.3 is 15.6 Å². The fourth-order valence-corrected chi connectivity index (χ4v) is 5.82. The number of hydrogen-bond donors (Lipinski definition) is 1. The van der Waals surface area contributed by atoms with E-state index in [0.717, 1.165) is 54.9 Å². The minimum absolute atomic E-state index is 0.0197. The van der Waals surface area contributed by atoms with Crippen LogP contribution in [0.4, 0.5) is 13.2 Å². The molecule has 1 N–H and O–H groups in total. The first-order valence-corrected chi connectivity index (χ1v) is 16.5. The van der Waals surface area contributed by atoms with Crippen LogP contribution >= 0.6 is 0 Å². The van der Waals surface area contributed by atoms with Crippen LogP contribution < -0.4 is 0 Å². The molecule has 1 saturated heterocycles. The molecule has 238 valence electrons. The lowest BCUT2D eigenvalue weighted by atomic mass is 9.86. The number of halogens is 3. The molecule has 0 saturated carbocycles. The van der Waals surface area contributed by atoms with Crippen molar-refractivity contribution in [2.45, 2.75) is 76.9 Å². The lowest BCUT2D eigenvalue weighted by molar-refractivity contribution is -0.0519. The van der Waals surface area contributed by atoms with E-state index in [4.69, 9.17) is 0 Å². The molecule has 43 heavy (non-hydrogen) atoms. The summed E-state index contributed by atoms with van der Waals surface area (Å²) in [5.41, 5.74) is -1.50. The van der Waals surface area contributed by atoms with Crippen LogP contribution in [0.3, 0.4) is 0 Å². The number of alkyl halides is 3. The lowest BCUT2D eigenvalue weighted by Crippen LogP contribution is -2.51. The van der Waals surface area contributed by atoms with Gasteiger partial charge in [-0.2, -0.15) is 21.6 Å². The van der Waals surface area contributed by atoms with E-state index in [1.165, 1.54) is 12.2 Å². The maximum absolute atomic E-state index is 13.0. The number of unbranched alkanes of at least 4 members (excludes halogenated alkanes) is 1. The van der Waals surface area contributed by atoms with Crippen molar-refractivity contribution in [2.24, 2.45) is 0 Å². The van der Waals surface area contributed by atoms with Gasteiger partial charge in [0.25, 0.3) is 0 Å². The number of piperazine rings is 1. The Morgan fingerprint density at radius 3 is 2.37 bits per heavy atom. The molecule has 1 fully saturated rings. The quantitative estimate of drug-likeness (QED) is 0.104. The number of rotatable bonds is 14. The Balaban J connectivity index is 1.91. The molecule has 1 aliphatic carbocycles. The summed E-state index contributed by atoms with van der Waals surface area (Å²) >= 11 is 0. The van der Waals surface area contributed by atoms with Gasteiger partial charge in [-0.25, -0.2) is 0 Å². The minimum Gasteiger partial charge on any atom is -0.396 e. The van der Waals surface area contributed by atoms with Gasteiger partial charge in [-0.15, -0.1) is 0 Å². The summed E-state index contributed by atoms with van der Waals surface area (Å²) < 4.78 is 67.0. The van der Waals surface area contributed by atoms with E-state index in [1.807, 2.05) is 37.3 Å². The highest BCUT2D eigenvalue weighted by atomic mass is 32.2. The molecule has 1 unspecified atom stereocenters. The summed E-state index contributed by atoms with van der Waals surface area (Å²) in [5.74, 6) is -0.357. The Morgan fingerprint density at radius 2 is 1.81 bits per heavy atom. The Bertz CT molecular complexity index is 1290. The van der Waals surface area contributed by atoms with Crippen LogP contribution in [-0.4, -0.2) is 73.7 Å². The predicted molar refractivity (Wildman–Crippen MR) is 166 cm³/mol. The first-order valence-electron chi connectivity index (χ1n) is 15.1. The minimum atomic E-state index is -5.78. The molecule has 1 atom stereocenters. The highest BCUT2D eigenvalue weighted by Gasteiger charge is 2.48. The van der Waals surface area contributed by atoms with E-state index < -0.39 is 15.6 Å². The second-order valence-corrected chi connectivity index (χ2v) is 12.7. The first-order chi connectivity index (χ1) is 20.5. The molecule has 6 nitrogen and oxygen atoms in total. The van der Waals surface area contributed by atoms with Crippen LogP contribution in [0.15, 0.2) is 83.7 Å². The molecular formula is C33H45F3N2O4S. The van der Waals surface area contributed by atoms with Gasteiger partial charge in [-0.05, 0) is 80.4 Å². The van der Waals surface area contributed by atoms with E-state index in [-0.39, 0.29) is 18.4 Å². The zero-order valence-electron chi connectivity index (χ0n) is 25.4. The fraction of sp³-hybridized carbons (Fsp3) is 0.515. The average Bonchev–Trinajstić information content (AvgIpc) is 2.99. The number of benzene rings is 1. The highest BCUT2D eigenvalue weighted by molar-refractivity contribution is 7.87. The molecule has 0 bridgehead atoms. The third-order valence-electron chi connectivity index (χ3n) is 7.77. The predicted octanol–water partition coefficient (Wildman–Crippen LogP) is 6.99. The third kappa shape index (κ3) is 10.2. The number of aliphatic hydroxyl groups excluding tert-OH is 1. The van der Waals surface area contributed by atoms with Crippen LogP contribution in [0.2, 0.25) is 0 Å². The summed E-state index contributed by atoms with van der Waals surface area (Å²) in [6, 6.07) is 10.7. The number of allylic oxidation sites excluding steroid dienone is 7. The van der Waals surface area contributed by atoms with Crippen molar-refractivity contribution in [3.05, 3.63) is 89.3 Å². The van der Waals surface area contributed by atoms with Gasteiger partial charge in [-0.1, -0.05) is 68.0 Å². The molecule has 0 spiro atoms. The molecule has 2 aliphatic rings. The largest absolute Gasteiger partial charge is 0.534 e. The van der Waals surface area contributed by atoms with Crippen LogP contribution in [0, 0.1) is 0 Å². The maximum atomic E-state index is 13.0. The average molecular weight is 623 g/mol. The van der Waals surface area contributed by atoms with Crippen molar-refractivity contribution in [1.29, 1.82) is 0 Å². The van der Waals surface area contributed by atoms with Gasteiger partial charge in [0.15, 0.2) is 0 Å². The number of aliphatic hydroxyl groups is 1. The van der Waals surface area contributed by atoms with Crippen LogP contribution in [0.25, 0.3) is 5.57 Å². The zero-order chi connectivity index (χ0) is 31.5.